The fraction of sp³-hybridized carbons (Fsp3) is 0.444. The van der Waals surface area contributed by atoms with Gasteiger partial charge in [-0.05, 0) is 31.9 Å². The van der Waals surface area contributed by atoms with Gasteiger partial charge in [0.2, 0.25) is 11.8 Å². The molecule has 1 atom stereocenters. The predicted molar refractivity (Wildman–Crippen MR) is 85.7 cm³/mol. The minimum absolute atomic E-state index is 0.0489. The molecule has 0 unspecified atom stereocenters. The lowest BCUT2D eigenvalue weighted by molar-refractivity contribution is -0.187. The molecule has 0 aliphatic carbocycles. The fourth-order valence-corrected chi connectivity index (χ4v) is 3.02. The number of piperidine rings is 1. The summed E-state index contributed by atoms with van der Waals surface area (Å²) < 4.78 is 44.3. The van der Waals surface area contributed by atoms with E-state index in [9.17, 15) is 18.0 Å². The molecule has 1 fully saturated rings. The number of nitrogens with zero attached hydrogens (tertiary/aromatic N) is 2. The van der Waals surface area contributed by atoms with Gasteiger partial charge in [-0.1, -0.05) is 18.2 Å². The maximum Gasteiger partial charge on any atom is 0.393 e. The van der Waals surface area contributed by atoms with Crippen LogP contribution in [0.2, 0.25) is 0 Å². The Balaban J connectivity index is 1.70. The molecule has 0 saturated carbocycles. The summed E-state index contributed by atoms with van der Waals surface area (Å²) in [5.41, 5.74) is 1.26. The molecule has 1 amide bonds. The highest BCUT2D eigenvalue weighted by Crippen LogP contribution is 2.33. The number of oxazole rings is 1. The van der Waals surface area contributed by atoms with Crippen molar-refractivity contribution in [3.05, 3.63) is 41.8 Å². The third-order valence-electron chi connectivity index (χ3n) is 4.47. The molecule has 0 bridgehead atoms. The standard InChI is InChI=1S/C18H19F3N2O2/c1-12-15(22-17(25-12)13-6-3-2-4-7-13)10-16(24)23-9-5-8-14(11-23)18(19,20)21/h2-4,6-7,14H,5,8-11H2,1H3/t14-/m1/s1. The normalized spacial score (nSPS) is 18.4. The second-order valence-corrected chi connectivity index (χ2v) is 6.29. The minimum atomic E-state index is -4.26. The zero-order valence-corrected chi connectivity index (χ0v) is 13.8. The number of hydrogen-bond donors (Lipinski definition) is 0. The third-order valence-corrected chi connectivity index (χ3v) is 4.47. The van der Waals surface area contributed by atoms with Crippen molar-refractivity contribution >= 4 is 5.91 Å². The van der Waals surface area contributed by atoms with Crippen molar-refractivity contribution in [2.45, 2.75) is 32.4 Å². The Morgan fingerprint density at radius 1 is 1.32 bits per heavy atom. The van der Waals surface area contributed by atoms with Crippen molar-refractivity contribution < 1.29 is 22.4 Å². The summed E-state index contributed by atoms with van der Waals surface area (Å²) in [6, 6.07) is 9.26. The highest BCUT2D eigenvalue weighted by molar-refractivity contribution is 5.78. The van der Waals surface area contributed by atoms with Crippen molar-refractivity contribution in [3.8, 4) is 11.5 Å². The molecular weight excluding hydrogens is 333 g/mol. The molecule has 1 aliphatic heterocycles. The molecule has 2 heterocycles. The zero-order valence-electron chi connectivity index (χ0n) is 13.8. The van der Waals surface area contributed by atoms with Crippen LogP contribution in [-0.2, 0) is 11.2 Å². The number of aromatic nitrogens is 1. The molecule has 1 aromatic heterocycles. The summed E-state index contributed by atoms with van der Waals surface area (Å²) in [7, 11) is 0. The van der Waals surface area contributed by atoms with Crippen LogP contribution < -0.4 is 0 Å². The first-order chi connectivity index (χ1) is 11.8. The topological polar surface area (TPSA) is 46.3 Å². The lowest BCUT2D eigenvalue weighted by atomic mass is 9.97. The number of aryl methyl sites for hydroxylation is 1. The number of carbonyl (C=O) groups excluding carboxylic acids is 1. The van der Waals surface area contributed by atoms with Crippen LogP contribution >= 0.6 is 0 Å². The summed E-state index contributed by atoms with van der Waals surface area (Å²) in [5, 5.41) is 0. The Bertz CT molecular complexity index is 741. The number of amides is 1. The molecule has 0 N–H and O–H groups in total. The van der Waals surface area contributed by atoms with E-state index in [-0.39, 0.29) is 25.3 Å². The fourth-order valence-electron chi connectivity index (χ4n) is 3.02. The second-order valence-electron chi connectivity index (χ2n) is 6.29. The molecule has 1 aromatic carbocycles. The van der Waals surface area contributed by atoms with Crippen molar-refractivity contribution in [2.75, 3.05) is 13.1 Å². The van der Waals surface area contributed by atoms with E-state index in [0.29, 0.717) is 30.3 Å². The number of carbonyl (C=O) groups is 1. The summed E-state index contributed by atoms with van der Waals surface area (Å²) in [6.45, 7) is 1.79. The van der Waals surface area contributed by atoms with Gasteiger partial charge in [0, 0.05) is 18.7 Å². The number of rotatable bonds is 3. The van der Waals surface area contributed by atoms with Crippen LogP contribution in [0.1, 0.15) is 24.3 Å². The van der Waals surface area contributed by atoms with Crippen molar-refractivity contribution in [1.29, 1.82) is 0 Å². The van der Waals surface area contributed by atoms with Gasteiger partial charge >= 0.3 is 6.18 Å². The molecule has 0 radical (unpaired) electrons. The monoisotopic (exact) mass is 352 g/mol. The van der Waals surface area contributed by atoms with Crippen LogP contribution in [0.15, 0.2) is 34.7 Å². The molecule has 25 heavy (non-hydrogen) atoms. The first-order valence-corrected chi connectivity index (χ1v) is 8.21. The maximum absolute atomic E-state index is 12.9. The minimum Gasteiger partial charge on any atom is -0.441 e. The summed E-state index contributed by atoms with van der Waals surface area (Å²) >= 11 is 0. The quantitative estimate of drug-likeness (QED) is 0.839. The van der Waals surface area contributed by atoms with Gasteiger partial charge in [0.05, 0.1) is 18.0 Å². The number of halogens is 3. The van der Waals surface area contributed by atoms with E-state index in [4.69, 9.17) is 4.42 Å². The molecule has 3 rings (SSSR count). The molecule has 134 valence electrons. The van der Waals surface area contributed by atoms with Crippen LogP contribution in [0.25, 0.3) is 11.5 Å². The molecule has 4 nitrogen and oxygen atoms in total. The van der Waals surface area contributed by atoms with Gasteiger partial charge in [0.25, 0.3) is 0 Å². The van der Waals surface area contributed by atoms with Crippen LogP contribution in [0, 0.1) is 12.8 Å². The number of benzene rings is 1. The Morgan fingerprint density at radius 3 is 2.72 bits per heavy atom. The van der Waals surface area contributed by atoms with Crippen LogP contribution in [0.3, 0.4) is 0 Å². The van der Waals surface area contributed by atoms with E-state index in [0.717, 1.165) is 5.56 Å². The summed E-state index contributed by atoms with van der Waals surface area (Å²) in [4.78, 5) is 18.1. The van der Waals surface area contributed by atoms with E-state index in [1.807, 2.05) is 30.3 Å². The molecule has 1 saturated heterocycles. The van der Waals surface area contributed by atoms with Gasteiger partial charge in [-0.25, -0.2) is 4.98 Å². The van der Waals surface area contributed by atoms with Crippen LogP contribution in [0.5, 0.6) is 0 Å². The Morgan fingerprint density at radius 2 is 2.04 bits per heavy atom. The lowest BCUT2D eigenvalue weighted by Crippen LogP contribution is -2.45. The third kappa shape index (κ3) is 4.03. The molecular formula is C18H19F3N2O2. The SMILES string of the molecule is Cc1oc(-c2ccccc2)nc1CC(=O)N1CCC[C@@H](C(F)(F)F)C1. The smallest absolute Gasteiger partial charge is 0.393 e. The Hall–Kier alpha value is -2.31. The summed E-state index contributed by atoms with van der Waals surface area (Å²) in [5.74, 6) is -0.863. The van der Waals surface area contributed by atoms with Crippen LogP contribution in [-0.4, -0.2) is 35.1 Å². The number of alkyl halides is 3. The van der Waals surface area contributed by atoms with Crippen LogP contribution in [0.4, 0.5) is 13.2 Å². The van der Waals surface area contributed by atoms with Gasteiger partial charge in [-0.2, -0.15) is 13.2 Å². The maximum atomic E-state index is 12.9. The average Bonchev–Trinajstić information content (AvgIpc) is 2.96. The zero-order chi connectivity index (χ0) is 18.0. The number of hydrogen-bond acceptors (Lipinski definition) is 3. The highest BCUT2D eigenvalue weighted by Gasteiger charge is 2.42. The van der Waals surface area contributed by atoms with E-state index in [2.05, 4.69) is 4.98 Å². The molecule has 2 aromatic rings. The first kappa shape index (κ1) is 17.5. The number of likely N-dealkylation sites (tertiary alicyclic amines) is 1. The second kappa shape index (κ2) is 6.90. The van der Waals surface area contributed by atoms with E-state index < -0.39 is 12.1 Å². The van der Waals surface area contributed by atoms with Crippen molar-refractivity contribution in [1.82, 2.24) is 9.88 Å². The average molecular weight is 352 g/mol. The molecule has 1 aliphatic rings. The Labute approximate surface area is 143 Å². The molecule has 7 heteroatoms. The van der Waals surface area contributed by atoms with Crippen molar-refractivity contribution in [3.63, 3.8) is 0 Å². The van der Waals surface area contributed by atoms with Gasteiger partial charge in [0.1, 0.15) is 5.76 Å². The highest BCUT2D eigenvalue weighted by atomic mass is 19.4. The van der Waals surface area contributed by atoms with Gasteiger partial charge in [-0.3, -0.25) is 4.79 Å². The Kier molecular flexibility index (Phi) is 4.83. The van der Waals surface area contributed by atoms with Gasteiger partial charge < -0.3 is 9.32 Å². The van der Waals surface area contributed by atoms with E-state index in [1.54, 1.807) is 6.92 Å². The molecule has 0 spiro atoms. The lowest BCUT2D eigenvalue weighted by Gasteiger charge is -2.33. The van der Waals surface area contributed by atoms with E-state index >= 15 is 0 Å². The predicted octanol–water partition coefficient (Wildman–Crippen LogP) is 3.99. The van der Waals surface area contributed by atoms with Gasteiger partial charge in [-0.15, -0.1) is 0 Å². The van der Waals surface area contributed by atoms with Gasteiger partial charge in [0.15, 0.2) is 0 Å². The van der Waals surface area contributed by atoms with Crippen molar-refractivity contribution in [2.24, 2.45) is 5.92 Å². The van der Waals surface area contributed by atoms with E-state index in [1.165, 1.54) is 4.90 Å². The summed E-state index contributed by atoms with van der Waals surface area (Å²) in [6.07, 6.45) is -3.87. The first-order valence-electron chi connectivity index (χ1n) is 8.21. The largest absolute Gasteiger partial charge is 0.441 e.